The van der Waals surface area contributed by atoms with Crippen molar-refractivity contribution in [3.05, 3.63) is 70.6 Å². The second-order valence-electron chi connectivity index (χ2n) is 6.29. The topological polar surface area (TPSA) is 81.5 Å². The first-order chi connectivity index (χ1) is 13.5. The van der Waals surface area contributed by atoms with E-state index in [0.717, 1.165) is 0 Å². The van der Waals surface area contributed by atoms with Crippen molar-refractivity contribution < 1.29 is 14.3 Å². The maximum atomic E-state index is 12.6. The molecule has 1 amide bonds. The minimum atomic E-state index is -0.740. The fraction of sp³-hybridized carbons (Fsp3) is 0.238. The number of hydrogen-bond acceptors (Lipinski definition) is 5. The van der Waals surface area contributed by atoms with Crippen LogP contribution in [0.1, 0.15) is 23.8 Å². The highest BCUT2D eigenvalue weighted by molar-refractivity contribution is 6.03. The van der Waals surface area contributed by atoms with Gasteiger partial charge in [-0.25, -0.2) is 9.48 Å². The van der Waals surface area contributed by atoms with Gasteiger partial charge in [-0.05, 0) is 24.6 Å². The molecule has 7 nitrogen and oxygen atoms in total. The van der Waals surface area contributed by atoms with E-state index in [2.05, 4.69) is 5.10 Å². The molecule has 0 saturated carbocycles. The Hall–Kier alpha value is -3.48. The number of aromatic nitrogens is 2. The van der Waals surface area contributed by atoms with E-state index in [-0.39, 0.29) is 17.2 Å². The van der Waals surface area contributed by atoms with Gasteiger partial charge >= 0.3 is 5.97 Å². The molecule has 3 rings (SSSR count). The quantitative estimate of drug-likeness (QED) is 0.615. The molecule has 28 heavy (non-hydrogen) atoms. The van der Waals surface area contributed by atoms with Gasteiger partial charge in [0.1, 0.15) is 0 Å². The van der Waals surface area contributed by atoms with Crippen LogP contribution in [-0.4, -0.2) is 35.3 Å². The number of para-hydroxylation sites is 1. The highest BCUT2D eigenvalue weighted by Crippen LogP contribution is 2.15. The number of ether oxygens (including phenoxy) is 1. The Morgan fingerprint density at radius 1 is 1.04 bits per heavy atom. The summed E-state index contributed by atoms with van der Waals surface area (Å²) in [6.07, 6.45) is 0.695. The molecule has 0 aliphatic rings. The lowest BCUT2D eigenvalue weighted by atomic mass is 10.1. The van der Waals surface area contributed by atoms with Gasteiger partial charge in [0.2, 0.25) is 0 Å². The summed E-state index contributed by atoms with van der Waals surface area (Å²) >= 11 is 0. The number of benzene rings is 2. The normalized spacial score (nSPS) is 10.6. The number of anilines is 1. The van der Waals surface area contributed by atoms with Crippen molar-refractivity contribution in [2.24, 2.45) is 0 Å². The highest BCUT2D eigenvalue weighted by atomic mass is 16.5. The van der Waals surface area contributed by atoms with Crippen molar-refractivity contribution in [3.63, 3.8) is 0 Å². The Bertz CT molecular complexity index is 1060. The molecule has 0 N–H and O–H groups in total. The summed E-state index contributed by atoms with van der Waals surface area (Å²) in [6, 6.07) is 15.8. The number of esters is 1. The van der Waals surface area contributed by atoms with Crippen LogP contribution in [0.25, 0.3) is 10.8 Å². The number of fused-ring (bicyclic) bond motifs is 1. The number of rotatable bonds is 6. The molecule has 3 aromatic rings. The van der Waals surface area contributed by atoms with Gasteiger partial charge in [0.25, 0.3) is 11.5 Å². The molecule has 144 valence electrons. The van der Waals surface area contributed by atoms with Crippen molar-refractivity contribution >= 4 is 28.3 Å². The molecular weight excluding hydrogens is 358 g/mol. The second kappa shape index (κ2) is 8.47. The molecule has 0 atom stereocenters. The molecule has 0 bridgehead atoms. The van der Waals surface area contributed by atoms with Crippen molar-refractivity contribution in [1.29, 1.82) is 0 Å². The Balaban J connectivity index is 1.82. The van der Waals surface area contributed by atoms with Crippen LogP contribution in [0.4, 0.5) is 5.69 Å². The number of aryl methyl sites for hydroxylation is 1. The monoisotopic (exact) mass is 379 g/mol. The number of carbonyl (C=O) groups is 2. The molecule has 1 aromatic heterocycles. The van der Waals surface area contributed by atoms with Gasteiger partial charge < -0.3 is 9.64 Å². The summed E-state index contributed by atoms with van der Waals surface area (Å²) in [7, 11) is 1.61. The van der Waals surface area contributed by atoms with Crippen molar-refractivity contribution in [2.75, 3.05) is 18.6 Å². The zero-order valence-corrected chi connectivity index (χ0v) is 15.8. The first kappa shape index (κ1) is 19.3. The number of amides is 1. The van der Waals surface area contributed by atoms with Crippen LogP contribution in [0.5, 0.6) is 0 Å². The third-order valence-corrected chi connectivity index (χ3v) is 4.34. The van der Waals surface area contributed by atoms with Crippen molar-refractivity contribution in [1.82, 2.24) is 9.78 Å². The number of carbonyl (C=O) groups excluding carboxylic acids is 2. The molecule has 0 aliphatic heterocycles. The molecule has 0 unspecified atom stereocenters. The van der Waals surface area contributed by atoms with E-state index < -0.39 is 12.6 Å². The van der Waals surface area contributed by atoms with Gasteiger partial charge in [-0.15, -0.1) is 0 Å². The second-order valence-corrected chi connectivity index (χ2v) is 6.29. The van der Waals surface area contributed by atoms with E-state index in [1.807, 2.05) is 25.1 Å². The van der Waals surface area contributed by atoms with E-state index in [4.69, 9.17) is 4.74 Å². The van der Waals surface area contributed by atoms with E-state index in [1.54, 1.807) is 43.4 Å². The third-order valence-electron chi connectivity index (χ3n) is 4.34. The van der Waals surface area contributed by atoms with E-state index in [9.17, 15) is 14.4 Å². The standard InChI is InChI=1S/C21H21N3O4/c1-3-13-24-20(26)17-12-8-7-11-16(17)19(22-24)21(27)28-14-18(25)23(2)15-9-5-4-6-10-15/h4-12H,3,13-14H2,1-2H3. The molecule has 0 radical (unpaired) electrons. The lowest BCUT2D eigenvalue weighted by molar-refractivity contribution is -0.121. The molecule has 0 fully saturated rings. The molecular formula is C21H21N3O4. The number of likely N-dealkylation sites (N-methyl/N-ethyl adjacent to an activating group) is 1. The number of hydrogen-bond donors (Lipinski definition) is 0. The molecule has 7 heteroatoms. The fourth-order valence-electron chi connectivity index (χ4n) is 2.84. The Morgan fingerprint density at radius 2 is 1.68 bits per heavy atom. The highest BCUT2D eigenvalue weighted by Gasteiger charge is 2.20. The van der Waals surface area contributed by atoms with E-state index >= 15 is 0 Å². The zero-order valence-electron chi connectivity index (χ0n) is 15.8. The Morgan fingerprint density at radius 3 is 2.36 bits per heavy atom. The first-order valence-electron chi connectivity index (χ1n) is 9.01. The van der Waals surface area contributed by atoms with Crippen LogP contribution < -0.4 is 10.5 Å². The average Bonchev–Trinajstić information content (AvgIpc) is 2.74. The summed E-state index contributed by atoms with van der Waals surface area (Å²) in [6.45, 7) is 1.88. The minimum Gasteiger partial charge on any atom is -0.451 e. The Labute approximate surface area is 162 Å². The Kier molecular flexibility index (Phi) is 5.84. The average molecular weight is 379 g/mol. The smallest absolute Gasteiger partial charge is 0.359 e. The summed E-state index contributed by atoms with van der Waals surface area (Å²) in [5.41, 5.74) is 0.469. The maximum Gasteiger partial charge on any atom is 0.359 e. The molecule has 0 spiro atoms. The van der Waals surface area contributed by atoms with E-state index in [0.29, 0.717) is 29.4 Å². The SMILES string of the molecule is CCCn1nc(C(=O)OCC(=O)N(C)c2ccccc2)c2ccccc2c1=O. The van der Waals surface area contributed by atoms with Crippen molar-refractivity contribution in [3.8, 4) is 0 Å². The molecule has 0 aliphatic carbocycles. The van der Waals surface area contributed by atoms with Gasteiger partial charge in [-0.2, -0.15) is 5.10 Å². The zero-order chi connectivity index (χ0) is 20.1. The first-order valence-corrected chi connectivity index (χ1v) is 9.01. The van der Waals surface area contributed by atoms with Crippen LogP contribution in [0, 0.1) is 0 Å². The van der Waals surface area contributed by atoms with Crippen LogP contribution >= 0.6 is 0 Å². The number of nitrogens with zero attached hydrogens (tertiary/aromatic N) is 3. The van der Waals surface area contributed by atoms with Crippen LogP contribution in [0.2, 0.25) is 0 Å². The lowest BCUT2D eigenvalue weighted by Crippen LogP contribution is -2.32. The summed E-state index contributed by atoms with van der Waals surface area (Å²) in [4.78, 5) is 38.9. The maximum absolute atomic E-state index is 12.6. The minimum absolute atomic E-state index is 0.0267. The summed E-state index contributed by atoms with van der Waals surface area (Å²) in [5, 5.41) is 4.98. The predicted molar refractivity (Wildman–Crippen MR) is 106 cm³/mol. The largest absolute Gasteiger partial charge is 0.451 e. The van der Waals surface area contributed by atoms with Gasteiger partial charge in [-0.3, -0.25) is 9.59 Å². The molecule has 2 aromatic carbocycles. The van der Waals surface area contributed by atoms with E-state index in [1.165, 1.54) is 9.58 Å². The van der Waals surface area contributed by atoms with Crippen LogP contribution in [-0.2, 0) is 16.1 Å². The molecule has 1 heterocycles. The van der Waals surface area contributed by atoms with Gasteiger partial charge in [0.05, 0.1) is 5.39 Å². The summed E-state index contributed by atoms with van der Waals surface area (Å²) < 4.78 is 6.47. The van der Waals surface area contributed by atoms with Gasteiger partial charge in [-0.1, -0.05) is 43.3 Å². The fourth-order valence-corrected chi connectivity index (χ4v) is 2.84. The van der Waals surface area contributed by atoms with Gasteiger partial charge in [0.15, 0.2) is 12.3 Å². The summed E-state index contributed by atoms with van der Waals surface area (Å²) in [5.74, 6) is -1.11. The lowest BCUT2D eigenvalue weighted by Gasteiger charge is -2.17. The van der Waals surface area contributed by atoms with Crippen LogP contribution in [0.15, 0.2) is 59.4 Å². The third kappa shape index (κ3) is 3.93. The predicted octanol–water partition coefficient (Wildman–Crippen LogP) is 2.63. The van der Waals surface area contributed by atoms with Crippen LogP contribution in [0.3, 0.4) is 0 Å². The molecule has 0 saturated heterocycles. The van der Waals surface area contributed by atoms with Gasteiger partial charge in [0, 0.05) is 24.7 Å². The van der Waals surface area contributed by atoms with Crippen molar-refractivity contribution in [2.45, 2.75) is 19.9 Å².